The Morgan fingerprint density at radius 3 is 2.50 bits per heavy atom. The Hall–Kier alpha value is -1.35. The van der Waals surface area contributed by atoms with Crippen LogP contribution in [0.3, 0.4) is 0 Å². The Balaban J connectivity index is 2.50. The van der Waals surface area contributed by atoms with E-state index in [1.54, 1.807) is 0 Å². The molecule has 0 aliphatic rings. The van der Waals surface area contributed by atoms with Gasteiger partial charge in [0, 0.05) is 19.0 Å². The van der Waals surface area contributed by atoms with E-state index >= 15 is 0 Å². The average Bonchev–Trinajstić information content (AvgIpc) is 2.49. The average molecular weight is 276 g/mol. The van der Waals surface area contributed by atoms with Crippen molar-refractivity contribution in [1.29, 1.82) is 0 Å². The first-order valence-electron chi connectivity index (χ1n) is 7.75. The number of benzene rings is 1. The summed E-state index contributed by atoms with van der Waals surface area (Å²) in [6, 6.07) is 10.4. The van der Waals surface area contributed by atoms with Crippen LogP contribution in [0, 0.1) is 0 Å². The van der Waals surface area contributed by atoms with Crippen LogP contribution >= 0.6 is 0 Å². The quantitative estimate of drug-likeness (QED) is 0.727. The second-order valence-corrected chi connectivity index (χ2v) is 5.36. The lowest BCUT2D eigenvalue weighted by Crippen LogP contribution is -2.40. The van der Waals surface area contributed by atoms with Crippen molar-refractivity contribution < 1.29 is 4.79 Å². The fraction of sp³-hybridized carbons (Fsp3) is 0.588. The van der Waals surface area contributed by atoms with Crippen molar-refractivity contribution in [2.75, 3.05) is 6.54 Å². The third-order valence-electron chi connectivity index (χ3n) is 3.75. The summed E-state index contributed by atoms with van der Waals surface area (Å²) in [4.78, 5) is 12.2. The molecule has 0 radical (unpaired) electrons. The number of nitrogens with one attached hydrogen (secondary N) is 1. The van der Waals surface area contributed by atoms with Crippen molar-refractivity contribution in [3.63, 3.8) is 0 Å². The summed E-state index contributed by atoms with van der Waals surface area (Å²) in [5, 5.41) is 3.07. The first kappa shape index (κ1) is 16.7. The highest BCUT2D eigenvalue weighted by atomic mass is 16.1. The van der Waals surface area contributed by atoms with Gasteiger partial charge in [-0.3, -0.25) is 4.79 Å². The van der Waals surface area contributed by atoms with E-state index in [0.717, 1.165) is 25.7 Å². The standard InChI is InChI=1S/C17H28N2O/c1-3-5-11-16(13-18)19-17(20)12-14(4-2)15-9-7-6-8-10-15/h6-10,14,16H,3-5,11-13,18H2,1-2H3,(H,19,20). The zero-order chi connectivity index (χ0) is 14.8. The molecule has 0 aromatic heterocycles. The second-order valence-electron chi connectivity index (χ2n) is 5.36. The predicted molar refractivity (Wildman–Crippen MR) is 84.6 cm³/mol. The summed E-state index contributed by atoms with van der Waals surface area (Å²) >= 11 is 0. The van der Waals surface area contributed by atoms with Crippen molar-refractivity contribution in [3.8, 4) is 0 Å². The smallest absolute Gasteiger partial charge is 0.220 e. The number of nitrogens with two attached hydrogens (primary N) is 1. The maximum absolute atomic E-state index is 12.2. The molecule has 0 saturated heterocycles. The number of amides is 1. The van der Waals surface area contributed by atoms with Crippen molar-refractivity contribution in [1.82, 2.24) is 5.32 Å². The van der Waals surface area contributed by atoms with E-state index in [1.165, 1.54) is 5.56 Å². The normalized spacial score (nSPS) is 13.8. The monoisotopic (exact) mass is 276 g/mol. The van der Waals surface area contributed by atoms with Crippen molar-refractivity contribution >= 4 is 5.91 Å². The summed E-state index contributed by atoms with van der Waals surface area (Å²) in [6.07, 6.45) is 4.73. The molecule has 112 valence electrons. The fourth-order valence-electron chi connectivity index (χ4n) is 2.43. The Bertz CT molecular complexity index is 378. The van der Waals surface area contributed by atoms with Gasteiger partial charge < -0.3 is 11.1 Å². The zero-order valence-corrected chi connectivity index (χ0v) is 12.8. The third kappa shape index (κ3) is 5.74. The van der Waals surface area contributed by atoms with Crippen LogP contribution in [0.25, 0.3) is 0 Å². The van der Waals surface area contributed by atoms with E-state index in [4.69, 9.17) is 5.73 Å². The van der Waals surface area contributed by atoms with E-state index in [9.17, 15) is 4.79 Å². The summed E-state index contributed by atoms with van der Waals surface area (Å²) in [6.45, 7) is 4.80. The van der Waals surface area contributed by atoms with Gasteiger partial charge in [0.2, 0.25) is 5.91 Å². The largest absolute Gasteiger partial charge is 0.352 e. The van der Waals surface area contributed by atoms with Gasteiger partial charge in [0.05, 0.1) is 0 Å². The van der Waals surface area contributed by atoms with Gasteiger partial charge in [-0.15, -0.1) is 0 Å². The lowest BCUT2D eigenvalue weighted by Gasteiger charge is -2.19. The molecule has 0 aliphatic heterocycles. The lowest BCUT2D eigenvalue weighted by atomic mass is 9.93. The van der Waals surface area contributed by atoms with Gasteiger partial charge in [-0.25, -0.2) is 0 Å². The Labute approximate surface area is 122 Å². The van der Waals surface area contributed by atoms with Crippen molar-refractivity contribution in [3.05, 3.63) is 35.9 Å². The first-order chi connectivity index (χ1) is 9.71. The SMILES string of the molecule is CCCCC(CN)NC(=O)CC(CC)c1ccccc1. The minimum Gasteiger partial charge on any atom is -0.352 e. The van der Waals surface area contributed by atoms with Crippen molar-refractivity contribution in [2.45, 2.75) is 57.9 Å². The van der Waals surface area contributed by atoms with Gasteiger partial charge in [-0.1, -0.05) is 57.0 Å². The van der Waals surface area contributed by atoms with Crippen molar-refractivity contribution in [2.24, 2.45) is 5.73 Å². The predicted octanol–water partition coefficient (Wildman–Crippen LogP) is 3.20. The zero-order valence-electron chi connectivity index (χ0n) is 12.8. The Morgan fingerprint density at radius 2 is 1.95 bits per heavy atom. The Kier molecular flexibility index (Phi) is 7.97. The van der Waals surface area contributed by atoms with E-state index in [0.29, 0.717) is 18.9 Å². The molecule has 20 heavy (non-hydrogen) atoms. The summed E-state index contributed by atoms with van der Waals surface area (Å²) in [5.74, 6) is 0.410. The molecule has 3 heteroatoms. The van der Waals surface area contributed by atoms with Crippen LogP contribution in [0.4, 0.5) is 0 Å². The highest BCUT2D eigenvalue weighted by Crippen LogP contribution is 2.22. The van der Waals surface area contributed by atoms with Crippen LogP contribution < -0.4 is 11.1 Å². The molecule has 2 unspecified atom stereocenters. The number of unbranched alkanes of at least 4 members (excludes halogenated alkanes) is 1. The topological polar surface area (TPSA) is 55.1 Å². The van der Waals surface area contributed by atoms with Crippen LogP contribution in [0.1, 0.15) is 57.4 Å². The fourth-order valence-corrected chi connectivity index (χ4v) is 2.43. The van der Waals surface area contributed by atoms with Gasteiger partial charge in [0.15, 0.2) is 0 Å². The number of carbonyl (C=O) groups is 1. The van der Waals surface area contributed by atoms with E-state index in [-0.39, 0.29) is 11.9 Å². The molecule has 1 aromatic carbocycles. The number of rotatable bonds is 9. The van der Waals surface area contributed by atoms with Gasteiger partial charge in [-0.05, 0) is 24.3 Å². The molecular formula is C17H28N2O. The molecule has 0 fully saturated rings. The molecule has 1 aromatic rings. The third-order valence-corrected chi connectivity index (χ3v) is 3.75. The van der Waals surface area contributed by atoms with E-state index < -0.39 is 0 Å². The van der Waals surface area contributed by atoms with Crippen LogP contribution in [0.5, 0.6) is 0 Å². The second kappa shape index (κ2) is 9.54. The minimum atomic E-state index is 0.118. The molecule has 0 bridgehead atoms. The van der Waals surface area contributed by atoms with E-state index in [2.05, 4.69) is 31.3 Å². The number of carbonyl (C=O) groups excluding carboxylic acids is 1. The Morgan fingerprint density at radius 1 is 1.25 bits per heavy atom. The number of hydrogen-bond donors (Lipinski definition) is 2. The van der Waals surface area contributed by atoms with Gasteiger partial charge in [0.25, 0.3) is 0 Å². The van der Waals surface area contributed by atoms with Gasteiger partial charge >= 0.3 is 0 Å². The highest BCUT2D eigenvalue weighted by molar-refractivity contribution is 5.77. The summed E-state index contributed by atoms with van der Waals surface area (Å²) in [7, 11) is 0. The van der Waals surface area contributed by atoms with Crippen LogP contribution in [0.2, 0.25) is 0 Å². The van der Waals surface area contributed by atoms with Crippen LogP contribution in [0.15, 0.2) is 30.3 Å². The molecule has 0 aliphatic carbocycles. The molecule has 1 rings (SSSR count). The summed E-state index contributed by atoms with van der Waals surface area (Å²) < 4.78 is 0. The molecule has 1 amide bonds. The molecule has 0 heterocycles. The maximum Gasteiger partial charge on any atom is 0.220 e. The first-order valence-corrected chi connectivity index (χ1v) is 7.75. The molecule has 3 N–H and O–H groups in total. The minimum absolute atomic E-state index is 0.118. The van der Waals surface area contributed by atoms with Crippen LogP contribution in [-0.2, 0) is 4.79 Å². The van der Waals surface area contributed by atoms with Gasteiger partial charge in [0.1, 0.15) is 0 Å². The highest BCUT2D eigenvalue weighted by Gasteiger charge is 2.16. The van der Waals surface area contributed by atoms with Crippen LogP contribution in [-0.4, -0.2) is 18.5 Å². The van der Waals surface area contributed by atoms with Gasteiger partial charge in [-0.2, -0.15) is 0 Å². The lowest BCUT2D eigenvalue weighted by molar-refractivity contribution is -0.122. The maximum atomic E-state index is 12.2. The summed E-state index contributed by atoms with van der Waals surface area (Å²) in [5.41, 5.74) is 6.96. The molecular weight excluding hydrogens is 248 g/mol. The number of hydrogen-bond acceptors (Lipinski definition) is 2. The molecule has 2 atom stereocenters. The molecule has 3 nitrogen and oxygen atoms in total. The van der Waals surface area contributed by atoms with E-state index in [1.807, 2.05) is 18.2 Å². The molecule has 0 saturated carbocycles. The molecule has 0 spiro atoms.